The molecule has 0 fully saturated rings. The first-order valence-electron chi connectivity index (χ1n) is 5.61. The Labute approximate surface area is 123 Å². The van der Waals surface area contributed by atoms with Crippen molar-refractivity contribution < 1.29 is 4.92 Å². The minimum Gasteiger partial charge on any atom is -0.354 e. The molecular formula is C12H12BrN3O2S. The first kappa shape index (κ1) is 14.0. The number of nitrogens with zero attached hydrogens (tertiary/aromatic N) is 3. The molecule has 0 aliphatic heterocycles. The van der Waals surface area contributed by atoms with Gasteiger partial charge >= 0.3 is 5.69 Å². The summed E-state index contributed by atoms with van der Waals surface area (Å²) < 4.78 is 0.606. The molecule has 7 heteroatoms. The zero-order valence-electron chi connectivity index (χ0n) is 10.2. The van der Waals surface area contributed by atoms with Crippen LogP contribution in [0.5, 0.6) is 0 Å². The molecule has 0 aliphatic carbocycles. The van der Waals surface area contributed by atoms with Crippen molar-refractivity contribution in [2.45, 2.75) is 6.42 Å². The summed E-state index contributed by atoms with van der Waals surface area (Å²) in [7, 11) is 1.82. The number of likely N-dealkylation sites (N-methyl/N-ethyl adjacent to an activating group) is 1. The van der Waals surface area contributed by atoms with E-state index in [1.165, 1.54) is 10.9 Å². The van der Waals surface area contributed by atoms with Gasteiger partial charge in [-0.15, -0.1) is 11.3 Å². The Balaban J connectivity index is 2.14. The molecular weight excluding hydrogens is 330 g/mol. The average molecular weight is 342 g/mol. The Morgan fingerprint density at radius 2 is 2.37 bits per heavy atom. The van der Waals surface area contributed by atoms with Gasteiger partial charge in [0.25, 0.3) is 0 Å². The number of rotatable bonds is 5. The van der Waals surface area contributed by atoms with E-state index in [1.807, 2.05) is 23.4 Å². The van der Waals surface area contributed by atoms with Crippen molar-refractivity contribution in [3.05, 3.63) is 49.2 Å². The fourth-order valence-corrected chi connectivity index (χ4v) is 2.71. The maximum atomic E-state index is 11.0. The largest absolute Gasteiger partial charge is 0.354 e. The van der Waals surface area contributed by atoms with Crippen LogP contribution in [-0.4, -0.2) is 23.5 Å². The molecule has 0 amide bonds. The van der Waals surface area contributed by atoms with Crippen LogP contribution >= 0.6 is 27.3 Å². The number of nitro groups is 1. The van der Waals surface area contributed by atoms with Gasteiger partial charge in [-0.25, -0.2) is 4.98 Å². The van der Waals surface area contributed by atoms with E-state index < -0.39 is 4.92 Å². The Morgan fingerprint density at radius 1 is 1.58 bits per heavy atom. The lowest BCUT2D eigenvalue weighted by Gasteiger charge is -2.17. The number of hydrogen-bond donors (Lipinski definition) is 0. The first-order chi connectivity index (χ1) is 9.08. The molecule has 0 saturated heterocycles. The molecule has 2 aromatic heterocycles. The summed E-state index contributed by atoms with van der Waals surface area (Å²) in [5, 5.41) is 13.1. The van der Waals surface area contributed by atoms with Gasteiger partial charge in [0.15, 0.2) is 0 Å². The second kappa shape index (κ2) is 6.12. The summed E-state index contributed by atoms with van der Waals surface area (Å²) in [6, 6.07) is 5.53. The smallest absolute Gasteiger partial charge is 0.312 e. The van der Waals surface area contributed by atoms with Crippen LogP contribution in [0.4, 0.5) is 11.5 Å². The first-order valence-corrected chi connectivity index (χ1v) is 7.28. The number of aromatic nitrogens is 1. The van der Waals surface area contributed by atoms with Crippen LogP contribution in [0.15, 0.2) is 34.2 Å². The van der Waals surface area contributed by atoms with Crippen LogP contribution in [0.25, 0.3) is 0 Å². The minimum absolute atomic E-state index is 0.0167. The number of pyridine rings is 1. The van der Waals surface area contributed by atoms with Crippen LogP contribution < -0.4 is 4.90 Å². The van der Waals surface area contributed by atoms with Crippen molar-refractivity contribution in [1.29, 1.82) is 0 Å². The monoisotopic (exact) mass is 341 g/mol. The fourth-order valence-electron chi connectivity index (χ4n) is 1.69. The summed E-state index contributed by atoms with van der Waals surface area (Å²) in [5.74, 6) is 0.393. The second-order valence-corrected chi connectivity index (χ2v) is 5.95. The highest BCUT2D eigenvalue weighted by molar-refractivity contribution is 9.10. The van der Waals surface area contributed by atoms with Gasteiger partial charge in [0.2, 0.25) is 5.82 Å². The van der Waals surface area contributed by atoms with E-state index in [-0.39, 0.29) is 5.69 Å². The molecule has 0 N–H and O–H groups in total. The maximum absolute atomic E-state index is 11.0. The molecule has 0 radical (unpaired) electrons. The van der Waals surface area contributed by atoms with Crippen molar-refractivity contribution in [2.24, 2.45) is 0 Å². The van der Waals surface area contributed by atoms with E-state index >= 15 is 0 Å². The zero-order chi connectivity index (χ0) is 13.8. The van der Waals surface area contributed by atoms with E-state index in [0.717, 1.165) is 6.42 Å². The third-order valence-corrected chi connectivity index (χ3v) is 4.02. The Morgan fingerprint density at radius 3 is 3.00 bits per heavy atom. The minimum atomic E-state index is -0.408. The number of anilines is 1. The van der Waals surface area contributed by atoms with Gasteiger partial charge in [0.05, 0.1) is 4.92 Å². The zero-order valence-corrected chi connectivity index (χ0v) is 12.6. The van der Waals surface area contributed by atoms with E-state index in [4.69, 9.17) is 0 Å². The molecule has 2 rings (SSSR count). The maximum Gasteiger partial charge on any atom is 0.312 e. The van der Waals surface area contributed by atoms with Crippen LogP contribution in [0.2, 0.25) is 0 Å². The predicted molar refractivity (Wildman–Crippen MR) is 79.9 cm³/mol. The van der Waals surface area contributed by atoms with Crippen molar-refractivity contribution >= 4 is 38.8 Å². The second-order valence-electron chi connectivity index (χ2n) is 4.00. The van der Waals surface area contributed by atoms with Crippen molar-refractivity contribution in [3.63, 3.8) is 0 Å². The molecule has 0 unspecified atom stereocenters. The van der Waals surface area contributed by atoms with Gasteiger partial charge in [-0.3, -0.25) is 10.1 Å². The molecule has 2 heterocycles. The number of halogens is 1. The molecule has 0 bridgehead atoms. The van der Waals surface area contributed by atoms with Gasteiger partial charge in [0.1, 0.15) is 0 Å². The molecule has 0 atom stereocenters. The third kappa shape index (κ3) is 3.51. The molecule has 5 nitrogen and oxygen atoms in total. The molecule has 0 spiro atoms. The van der Waals surface area contributed by atoms with E-state index in [1.54, 1.807) is 17.5 Å². The highest BCUT2D eigenvalue weighted by Gasteiger charge is 2.19. The highest BCUT2D eigenvalue weighted by Crippen LogP contribution is 2.27. The fraction of sp³-hybridized carbons (Fsp3) is 0.250. The summed E-state index contributed by atoms with van der Waals surface area (Å²) >= 11 is 4.89. The average Bonchev–Trinajstić information content (AvgIpc) is 2.88. The SMILES string of the molecule is CN(CCc1cccs1)c1ncc(Br)cc1[N+](=O)[O-]. The lowest BCUT2D eigenvalue weighted by Crippen LogP contribution is -2.22. The summed E-state index contributed by atoms with van der Waals surface area (Å²) in [6.07, 6.45) is 2.42. The van der Waals surface area contributed by atoms with Crippen LogP contribution in [-0.2, 0) is 6.42 Å². The molecule has 0 aliphatic rings. The topological polar surface area (TPSA) is 59.3 Å². The molecule has 0 saturated carbocycles. The lowest BCUT2D eigenvalue weighted by atomic mass is 10.3. The van der Waals surface area contributed by atoms with Gasteiger partial charge in [-0.2, -0.15) is 0 Å². The number of thiophene rings is 1. The van der Waals surface area contributed by atoms with Gasteiger partial charge in [0, 0.05) is 35.2 Å². The summed E-state index contributed by atoms with van der Waals surface area (Å²) in [4.78, 5) is 17.8. The predicted octanol–water partition coefficient (Wildman–Crippen LogP) is 3.49. The van der Waals surface area contributed by atoms with Crippen molar-refractivity contribution in [3.8, 4) is 0 Å². The molecule has 2 aromatic rings. The van der Waals surface area contributed by atoms with Crippen molar-refractivity contribution in [2.75, 3.05) is 18.5 Å². The van der Waals surface area contributed by atoms with Crippen LogP contribution in [0.3, 0.4) is 0 Å². The Kier molecular flexibility index (Phi) is 4.49. The summed E-state index contributed by atoms with van der Waals surface area (Å²) in [5.41, 5.74) is 0.0167. The molecule has 19 heavy (non-hydrogen) atoms. The highest BCUT2D eigenvalue weighted by atomic mass is 79.9. The van der Waals surface area contributed by atoms with Gasteiger partial charge in [-0.05, 0) is 33.8 Å². The molecule has 100 valence electrons. The Hall–Kier alpha value is -1.47. The number of hydrogen-bond acceptors (Lipinski definition) is 5. The van der Waals surface area contributed by atoms with Crippen molar-refractivity contribution in [1.82, 2.24) is 4.98 Å². The van der Waals surface area contributed by atoms with E-state index in [9.17, 15) is 10.1 Å². The quantitative estimate of drug-likeness (QED) is 0.616. The lowest BCUT2D eigenvalue weighted by molar-refractivity contribution is -0.384. The van der Waals surface area contributed by atoms with E-state index in [2.05, 4.69) is 27.0 Å². The third-order valence-electron chi connectivity index (χ3n) is 2.65. The normalized spacial score (nSPS) is 10.4. The van der Waals surface area contributed by atoms with Crippen LogP contribution in [0.1, 0.15) is 4.88 Å². The molecule has 0 aromatic carbocycles. The van der Waals surface area contributed by atoms with Crippen LogP contribution in [0, 0.1) is 10.1 Å². The van der Waals surface area contributed by atoms with Gasteiger partial charge in [-0.1, -0.05) is 6.07 Å². The van der Waals surface area contributed by atoms with Gasteiger partial charge < -0.3 is 4.90 Å². The Bertz CT molecular complexity index is 574. The van der Waals surface area contributed by atoms with E-state index in [0.29, 0.717) is 16.8 Å². The summed E-state index contributed by atoms with van der Waals surface area (Å²) in [6.45, 7) is 0.690. The standard InChI is InChI=1S/C12H12BrN3O2S/c1-15(5-4-10-3-2-6-19-10)12-11(16(17)18)7-9(13)8-14-12/h2-3,6-8H,4-5H2,1H3.